The minimum Gasteiger partial charge on any atom is -0.411 e. The van der Waals surface area contributed by atoms with Crippen LogP contribution in [0.1, 0.15) is 65.2 Å². The maximum Gasteiger partial charge on any atom is 0.184 e. The molecule has 4 heteroatoms. The van der Waals surface area contributed by atoms with E-state index in [-0.39, 0.29) is 16.9 Å². The average molecular weight is 327 g/mol. The van der Waals surface area contributed by atoms with Gasteiger partial charge in [0.2, 0.25) is 0 Å². The molecule has 3 nitrogen and oxygen atoms in total. The molecule has 2 atom stereocenters. The third kappa shape index (κ3) is 5.96. The van der Waals surface area contributed by atoms with E-state index in [4.69, 9.17) is 4.43 Å². The summed E-state index contributed by atoms with van der Waals surface area (Å²) in [7, 11) is -1.74. The van der Waals surface area contributed by atoms with E-state index in [9.17, 15) is 9.59 Å². The summed E-state index contributed by atoms with van der Waals surface area (Å²) in [6.45, 7) is 10.9. The monoisotopic (exact) mass is 326 g/mol. The van der Waals surface area contributed by atoms with Crippen LogP contribution in [0.3, 0.4) is 0 Å². The molecule has 0 spiro atoms. The first-order chi connectivity index (χ1) is 10.1. The fourth-order valence-electron chi connectivity index (χ4n) is 3.58. The molecular formula is C18H34O3Si. The van der Waals surface area contributed by atoms with E-state index in [0.29, 0.717) is 6.42 Å². The Balaban J connectivity index is 2.98. The van der Waals surface area contributed by atoms with Gasteiger partial charge in [-0.15, -0.1) is 0 Å². The highest BCUT2D eigenvalue weighted by molar-refractivity contribution is 6.69. The van der Waals surface area contributed by atoms with Crippen molar-refractivity contribution in [1.82, 2.24) is 0 Å². The van der Waals surface area contributed by atoms with E-state index < -0.39 is 8.32 Å². The van der Waals surface area contributed by atoms with E-state index in [1.807, 2.05) is 0 Å². The first-order valence-electron chi connectivity index (χ1n) is 8.73. The quantitative estimate of drug-likeness (QED) is 0.367. The number of hydrogen-bond acceptors (Lipinski definition) is 3. The van der Waals surface area contributed by atoms with Crippen LogP contribution in [0.2, 0.25) is 19.6 Å². The predicted molar refractivity (Wildman–Crippen MR) is 93.5 cm³/mol. The van der Waals surface area contributed by atoms with Crippen LogP contribution in [0.15, 0.2) is 0 Å². The molecule has 1 fully saturated rings. The van der Waals surface area contributed by atoms with Crippen molar-refractivity contribution in [2.24, 2.45) is 11.3 Å². The van der Waals surface area contributed by atoms with Crippen molar-refractivity contribution in [1.29, 1.82) is 0 Å². The molecule has 0 unspecified atom stereocenters. The summed E-state index contributed by atoms with van der Waals surface area (Å²) in [5.41, 5.74) is -0.319. The van der Waals surface area contributed by atoms with Gasteiger partial charge < -0.3 is 14.0 Å². The second-order valence-corrected chi connectivity index (χ2v) is 13.1. The van der Waals surface area contributed by atoms with Crippen molar-refractivity contribution in [3.63, 3.8) is 0 Å². The van der Waals surface area contributed by atoms with Crippen LogP contribution in [0.5, 0.6) is 0 Å². The minimum absolute atomic E-state index is 0.00811. The SMILES string of the molecule is CC(C)(CC=O)CC[C@]1(O[Si](C)(C)C)CCCCC[C@@H]1C=O. The van der Waals surface area contributed by atoms with Gasteiger partial charge in [-0.1, -0.05) is 33.1 Å². The van der Waals surface area contributed by atoms with E-state index in [1.54, 1.807) is 0 Å². The Morgan fingerprint density at radius 3 is 2.41 bits per heavy atom. The molecule has 0 amide bonds. The lowest BCUT2D eigenvalue weighted by Crippen LogP contribution is -2.49. The second-order valence-electron chi connectivity index (χ2n) is 8.66. The molecule has 0 aromatic carbocycles. The number of carbonyl (C=O) groups excluding carboxylic acids is 2. The molecule has 1 aliphatic rings. The third-order valence-electron chi connectivity index (χ3n) is 4.83. The van der Waals surface area contributed by atoms with Crippen LogP contribution < -0.4 is 0 Å². The Kier molecular flexibility index (Phi) is 7.00. The van der Waals surface area contributed by atoms with E-state index in [0.717, 1.165) is 51.1 Å². The Morgan fingerprint density at radius 2 is 1.86 bits per heavy atom. The van der Waals surface area contributed by atoms with Crippen LogP contribution in [0.4, 0.5) is 0 Å². The predicted octanol–water partition coefficient (Wildman–Crippen LogP) is 4.75. The summed E-state index contributed by atoms with van der Waals surface area (Å²) in [6, 6.07) is 0. The third-order valence-corrected chi connectivity index (χ3v) is 5.84. The number of carbonyl (C=O) groups is 2. The van der Waals surface area contributed by atoms with Gasteiger partial charge in [0.1, 0.15) is 12.6 Å². The van der Waals surface area contributed by atoms with Crippen LogP contribution in [-0.2, 0) is 14.0 Å². The van der Waals surface area contributed by atoms with E-state index >= 15 is 0 Å². The van der Waals surface area contributed by atoms with Crippen LogP contribution >= 0.6 is 0 Å². The molecule has 1 saturated carbocycles. The van der Waals surface area contributed by atoms with Crippen molar-refractivity contribution in [2.45, 2.75) is 90.5 Å². The Bertz CT molecular complexity index is 373. The molecule has 1 aliphatic carbocycles. The molecule has 22 heavy (non-hydrogen) atoms. The molecule has 0 bridgehead atoms. The van der Waals surface area contributed by atoms with E-state index in [2.05, 4.69) is 33.5 Å². The zero-order valence-corrected chi connectivity index (χ0v) is 16.1. The van der Waals surface area contributed by atoms with Gasteiger partial charge in [-0.2, -0.15) is 0 Å². The molecule has 0 N–H and O–H groups in total. The van der Waals surface area contributed by atoms with Gasteiger partial charge in [0, 0.05) is 12.3 Å². The second kappa shape index (κ2) is 7.87. The highest BCUT2D eigenvalue weighted by Crippen LogP contribution is 2.42. The summed E-state index contributed by atoms with van der Waals surface area (Å²) in [5.74, 6) is 0.00811. The van der Waals surface area contributed by atoms with Gasteiger partial charge in [-0.25, -0.2) is 0 Å². The van der Waals surface area contributed by atoms with E-state index in [1.165, 1.54) is 6.42 Å². The van der Waals surface area contributed by atoms with Crippen molar-refractivity contribution >= 4 is 20.9 Å². The summed E-state index contributed by atoms with van der Waals surface area (Å²) in [5, 5.41) is 0. The van der Waals surface area contributed by atoms with Crippen LogP contribution in [-0.4, -0.2) is 26.5 Å². The zero-order valence-electron chi connectivity index (χ0n) is 15.1. The van der Waals surface area contributed by atoms with Gasteiger partial charge in [0.25, 0.3) is 0 Å². The summed E-state index contributed by atoms with van der Waals surface area (Å²) >= 11 is 0. The molecule has 0 aromatic heterocycles. The average Bonchev–Trinajstić information content (AvgIpc) is 2.57. The topological polar surface area (TPSA) is 43.4 Å². The Morgan fingerprint density at radius 1 is 1.18 bits per heavy atom. The molecule has 0 heterocycles. The number of rotatable bonds is 8. The first kappa shape index (κ1) is 19.6. The first-order valence-corrected chi connectivity index (χ1v) is 12.1. The minimum atomic E-state index is -1.74. The molecule has 128 valence electrons. The van der Waals surface area contributed by atoms with Crippen molar-refractivity contribution < 1.29 is 14.0 Å². The van der Waals surface area contributed by atoms with Crippen molar-refractivity contribution in [3.8, 4) is 0 Å². The summed E-state index contributed by atoms with van der Waals surface area (Å²) < 4.78 is 6.64. The lowest BCUT2D eigenvalue weighted by Gasteiger charge is -2.44. The van der Waals surface area contributed by atoms with Gasteiger partial charge >= 0.3 is 0 Å². The molecule has 0 aromatic rings. The smallest absolute Gasteiger partial charge is 0.184 e. The van der Waals surface area contributed by atoms with Gasteiger partial charge in [-0.3, -0.25) is 0 Å². The van der Waals surface area contributed by atoms with Gasteiger partial charge in [0.05, 0.1) is 5.60 Å². The molecule has 0 saturated heterocycles. The molecule has 1 rings (SSSR count). The maximum absolute atomic E-state index is 11.7. The van der Waals surface area contributed by atoms with Gasteiger partial charge in [0.15, 0.2) is 8.32 Å². The Labute approximate surface area is 137 Å². The lowest BCUT2D eigenvalue weighted by atomic mass is 9.75. The van der Waals surface area contributed by atoms with Crippen molar-refractivity contribution in [2.75, 3.05) is 0 Å². The largest absolute Gasteiger partial charge is 0.411 e. The molecule has 0 aliphatic heterocycles. The summed E-state index contributed by atoms with van der Waals surface area (Å²) in [6.07, 6.45) is 9.93. The zero-order chi connectivity index (χ0) is 16.9. The normalized spacial score (nSPS) is 27.2. The van der Waals surface area contributed by atoms with Crippen molar-refractivity contribution in [3.05, 3.63) is 0 Å². The Hall–Kier alpha value is -0.483. The molecular weight excluding hydrogens is 292 g/mol. The lowest BCUT2D eigenvalue weighted by molar-refractivity contribution is -0.120. The number of hydrogen-bond donors (Lipinski definition) is 0. The highest BCUT2D eigenvalue weighted by Gasteiger charge is 2.43. The standard InChI is InChI=1S/C18H34O3Si/c1-17(2,13-14-19)11-12-18(21-22(3,4)5)10-8-6-7-9-16(18)15-20/h14-16H,6-13H2,1-5H3/t16-,18-/m1/s1. The fourth-order valence-corrected chi connectivity index (χ4v) is 5.16. The molecule has 0 radical (unpaired) electrons. The number of aldehydes is 2. The van der Waals surface area contributed by atoms with Crippen LogP contribution in [0, 0.1) is 11.3 Å². The fraction of sp³-hybridized carbons (Fsp3) is 0.889. The maximum atomic E-state index is 11.7. The van der Waals surface area contributed by atoms with Gasteiger partial charge in [-0.05, 0) is 50.7 Å². The summed E-state index contributed by atoms with van der Waals surface area (Å²) in [4.78, 5) is 22.6. The highest BCUT2D eigenvalue weighted by atomic mass is 28.4. The van der Waals surface area contributed by atoms with Crippen LogP contribution in [0.25, 0.3) is 0 Å².